The van der Waals surface area contributed by atoms with Gasteiger partial charge in [0.25, 0.3) is 0 Å². The summed E-state index contributed by atoms with van der Waals surface area (Å²) in [5.74, 6) is 1.77. The number of piperazine rings is 1. The second kappa shape index (κ2) is 9.49. The molecular weight excluding hydrogens is 428 g/mol. The minimum absolute atomic E-state index is 0.111. The largest absolute Gasteiger partial charge is 0.340 e. The summed E-state index contributed by atoms with van der Waals surface area (Å²) in [6.07, 6.45) is 4.84. The van der Waals surface area contributed by atoms with Gasteiger partial charge >= 0.3 is 0 Å². The zero-order valence-electron chi connectivity index (χ0n) is 17.7. The van der Waals surface area contributed by atoms with E-state index in [-0.39, 0.29) is 6.04 Å². The Morgan fingerprint density at radius 3 is 2.77 bits per heavy atom. The molecule has 5 rings (SSSR count). The third kappa shape index (κ3) is 4.63. The summed E-state index contributed by atoms with van der Waals surface area (Å²) in [5, 5.41) is 4.16. The van der Waals surface area contributed by atoms with E-state index in [0.717, 1.165) is 68.6 Å². The molecule has 1 atom stereocenters. The van der Waals surface area contributed by atoms with Crippen molar-refractivity contribution in [3.63, 3.8) is 0 Å². The van der Waals surface area contributed by atoms with Crippen LogP contribution in [0.15, 0.2) is 41.4 Å². The lowest BCUT2D eigenvalue weighted by Crippen LogP contribution is -2.50. The van der Waals surface area contributed by atoms with Gasteiger partial charge in [0.2, 0.25) is 5.91 Å². The lowest BCUT2D eigenvalue weighted by atomic mass is 9.94. The van der Waals surface area contributed by atoms with Crippen LogP contribution in [0.5, 0.6) is 0 Å². The Morgan fingerprint density at radius 2 is 1.97 bits per heavy atom. The predicted molar refractivity (Wildman–Crippen MR) is 125 cm³/mol. The fourth-order valence-corrected chi connectivity index (χ4v) is 6.39. The molecule has 0 spiro atoms. The fraction of sp³-hybridized carbons (Fsp3) is 0.500. The molecule has 0 saturated carbocycles. The van der Waals surface area contributed by atoms with Gasteiger partial charge in [0.05, 0.1) is 11.7 Å². The van der Waals surface area contributed by atoms with E-state index < -0.39 is 0 Å². The Bertz CT molecular complexity index is 941. The number of carbonyl (C=O) groups excluding carboxylic acids is 1. The maximum Gasteiger partial charge on any atom is 0.222 e. The maximum absolute atomic E-state index is 12.9. The fourth-order valence-electron chi connectivity index (χ4n) is 5.04. The van der Waals surface area contributed by atoms with Crippen LogP contribution in [0.2, 0.25) is 5.02 Å². The van der Waals surface area contributed by atoms with E-state index in [1.54, 1.807) is 0 Å². The van der Waals surface area contributed by atoms with Crippen LogP contribution < -0.4 is 5.32 Å². The Hall–Kier alpha value is -1.60. The normalized spacial score (nSPS) is 22.5. The average molecular weight is 457 g/mol. The van der Waals surface area contributed by atoms with Gasteiger partial charge < -0.3 is 10.2 Å². The van der Waals surface area contributed by atoms with Crippen molar-refractivity contribution in [2.45, 2.75) is 36.0 Å². The molecule has 2 aromatic rings. The molecule has 1 amide bonds. The lowest BCUT2D eigenvalue weighted by molar-refractivity contribution is -0.134. The minimum atomic E-state index is 0.111. The number of nitrogens with zero attached hydrogens (tertiary/aromatic N) is 3. The molecule has 1 aromatic carbocycles. The van der Waals surface area contributed by atoms with E-state index in [1.807, 2.05) is 30.1 Å². The second-order valence-electron chi connectivity index (χ2n) is 8.74. The average Bonchev–Trinajstić information content (AvgIpc) is 2.96. The summed E-state index contributed by atoms with van der Waals surface area (Å²) < 4.78 is 0. The lowest BCUT2D eigenvalue weighted by Gasteiger charge is -2.40. The minimum Gasteiger partial charge on any atom is -0.340 e. The molecule has 2 fully saturated rings. The van der Waals surface area contributed by atoms with Crippen LogP contribution in [-0.2, 0) is 10.5 Å². The maximum atomic E-state index is 12.9. The summed E-state index contributed by atoms with van der Waals surface area (Å²) in [5.41, 5.74) is 3.71. The smallest absolute Gasteiger partial charge is 0.222 e. The molecule has 31 heavy (non-hydrogen) atoms. The third-order valence-electron chi connectivity index (χ3n) is 6.79. The number of thioether (sulfide) groups is 1. The highest BCUT2D eigenvalue weighted by Gasteiger charge is 2.33. The third-order valence-corrected chi connectivity index (χ3v) is 8.15. The first-order chi connectivity index (χ1) is 15.2. The Kier molecular flexibility index (Phi) is 6.51. The number of aromatic nitrogens is 1. The Morgan fingerprint density at radius 1 is 1.16 bits per heavy atom. The van der Waals surface area contributed by atoms with Crippen molar-refractivity contribution in [2.24, 2.45) is 5.92 Å². The molecule has 4 heterocycles. The highest BCUT2D eigenvalue weighted by atomic mass is 35.5. The van der Waals surface area contributed by atoms with E-state index in [9.17, 15) is 4.79 Å². The van der Waals surface area contributed by atoms with E-state index in [1.165, 1.54) is 16.0 Å². The zero-order valence-corrected chi connectivity index (χ0v) is 19.3. The van der Waals surface area contributed by atoms with Crippen LogP contribution in [0.3, 0.4) is 0 Å². The summed E-state index contributed by atoms with van der Waals surface area (Å²) in [7, 11) is 0. The van der Waals surface area contributed by atoms with Crippen molar-refractivity contribution >= 4 is 29.3 Å². The van der Waals surface area contributed by atoms with Gasteiger partial charge in [0, 0.05) is 54.5 Å². The van der Waals surface area contributed by atoms with Gasteiger partial charge in [-0.15, -0.1) is 11.8 Å². The molecule has 164 valence electrons. The van der Waals surface area contributed by atoms with E-state index >= 15 is 0 Å². The van der Waals surface area contributed by atoms with Gasteiger partial charge in [0.15, 0.2) is 0 Å². The summed E-state index contributed by atoms with van der Waals surface area (Å²) in [6.45, 7) is 5.40. The van der Waals surface area contributed by atoms with Crippen molar-refractivity contribution in [2.75, 3.05) is 39.3 Å². The number of pyridine rings is 1. The molecule has 0 bridgehead atoms. The standard InChI is InChI=1S/C24H29ClN4OS/c25-19-3-4-20-21(15-19)31-16-18-2-1-7-27-23(18)24(20)29-12-10-28(11-13-29)22(30)14-17-5-8-26-9-6-17/h1-4,7,15,17,24,26H,5-6,8-14,16H2. The molecule has 3 aliphatic rings. The van der Waals surface area contributed by atoms with Gasteiger partial charge in [-0.05, 0) is 61.2 Å². The zero-order chi connectivity index (χ0) is 21.2. The monoisotopic (exact) mass is 456 g/mol. The molecule has 1 N–H and O–H groups in total. The van der Waals surface area contributed by atoms with Gasteiger partial charge in [0.1, 0.15) is 0 Å². The first-order valence-corrected chi connectivity index (χ1v) is 12.6. The van der Waals surface area contributed by atoms with Crippen LogP contribution in [0.1, 0.15) is 42.1 Å². The summed E-state index contributed by atoms with van der Waals surface area (Å²) in [6, 6.07) is 10.6. The number of carbonyl (C=O) groups is 1. The van der Waals surface area contributed by atoms with Crippen molar-refractivity contribution in [3.8, 4) is 0 Å². The highest BCUT2D eigenvalue weighted by molar-refractivity contribution is 7.98. The molecule has 3 aliphatic heterocycles. The van der Waals surface area contributed by atoms with Crippen molar-refractivity contribution in [3.05, 3.63) is 58.4 Å². The molecule has 5 nitrogen and oxygen atoms in total. The van der Waals surface area contributed by atoms with E-state index in [4.69, 9.17) is 16.6 Å². The first-order valence-electron chi connectivity index (χ1n) is 11.3. The van der Waals surface area contributed by atoms with Crippen LogP contribution in [0.4, 0.5) is 0 Å². The number of nitrogens with one attached hydrogen (secondary N) is 1. The SMILES string of the molecule is O=C(CC1CCNCC1)N1CCN(C2c3ccc(Cl)cc3SCc3cccnc32)CC1. The van der Waals surface area contributed by atoms with Crippen LogP contribution in [0, 0.1) is 5.92 Å². The number of piperidine rings is 1. The molecule has 7 heteroatoms. The highest BCUT2D eigenvalue weighted by Crippen LogP contribution is 2.42. The van der Waals surface area contributed by atoms with Gasteiger partial charge in [-0.3, -0.25) is 14.7 Å². The number of hydrogen-bond acceptors (Lipinski definition) is 5. The Labute approximate surface area is 193 Å². The number of hydrogen-bond donors (Lipinski definition) is 1. The number of amides is 1. The van der Waals surface area contributed by atoms with Gasteiger partial charge in [-0.2, -0.15) is 0 Å². The number of benzene rings is 1. The molecule has 1 aromatic heterocycles. The predicted octanol–water partition coefficient (Wildman–Crippen LogP) is 3.96. The number of halogens is 1. The first kappa shape index (κ1) is 21.3. The number of fused-ring (bicyclic) bond motifs is 2. The second-order valence-corrected chi connectivity index (χ2v) is 10.2. The molecule has 1 unspecified atom stereocenters. The van der Waals surface area contributed by atoms with Crippen LogP contribution >= 0.6 is 23.4 Å². The van der Waals surface area contributed by atoms with Gasteiger partial charge in [-0.25, -0.2) is 0 Å². The van der Waals surface area contributed by atoms with E-state index in [2.05, 4.69) is 33.3 Å². The van der Waals surface area contributed by atoms with E-state index in [0.29, 0.717) is 18.2 Å². The van der Waals surface area contributed by atoms with Crippen LogP contribution in [0.25, 0.3) is 0 Å². The van der Waals surface area contributed by atoms with Gasteiger partial charge in [-0.1, -0.05) is 23.7 Å². The molecule has 0 aliphatic carbocycles. The van der Waals surface area contributed by atoms with Crippen molar-refractivity contribution in [1.29, 1.82) is 0 Å². The molecule has 2 saturated heterocycles. The molecule has 0 radical (unpaired) electrons. The topological polar surface area (TPSA) is 48.5 Å². The van der Waals surface area contributed by atoms with Crippen molar-refractivity contribution in [1.82, 2.24) is 20.1 Å². The quantitative estimate of drug-likeness (QED) is 0.757. The Balaban J connectivity index is 1.33. The number of rotatable bonds is 3. The summed E-state index contributed by atoms with van der Waals surface area (Å²) in [4.78, 5) is 23.5. The van der Waals surface area contributed by atoms with Crippen LogP contribution in [-0.4, -0.2) is 60.0 Å². The van der Waals surface area contributed by atoms with Crippen molar-refractivity contribution < 1.29 is 4.79 Å². The summed E-state index contributed by atoms with van der Waals surface area (Å²) >= 11 is 8.16. The molecular formula is C24H29ClN4OS.